The molecule has 0 aromatic carbocycles. The third kappa shape index (κ3) is 7.49. The van der Waals surface area contributed by atoms with Gasteiger partial charge in [0.2, 0.25) is 0 Å². The fraction of sp³-hybridized carbons (Fsp3) is 0.667. The Morgan fingerprint density at radius 1 is 1.62 bits per heavy atom. The maximum atomic E-state index is 10.4. The van der Waals surface area contributed by atoms with Crippen molar-refractivity contribution < 1.29 is 14.6 Å². The fourth-order valence-electron chi connectivity index (χ4n) is 0.955. The van der Waals surface area contributed by atoms with Gasteiger partial charge in [0.05, 0.1) is 13.2 Å². The lowest BCUT2D eigenvalue weighted by atomic mass is 10.3. The van der Waals surface area contributed by atoms with Crippen molar-refractivity contribution in [3.63, 3.8) is 0 Å². The lowest BCUT2D eigenvalue weighted by Crippen LogP contribution is -2.33. The van der Waals surface area contributed by atoms with Crippen LogP contribution in [0, 0.1) is 0 Å². The van der Waals surface area contributed by atoms with E-state index >= 15 is 0 Å². The summed E-state index contributed by atoms with van der Waals surface area (Å²) in [7, 11) is 1.60. The van der Waals surface area contributed by atoms with Crippen LogP contribution in [0.15, 0.2) is 12.7 Å². The molecule has 0 rings (SSSR count). The Labute approximate surface area is 78.8 Å². The van der Waals surface area contributed by atoms with E-state index in [-0.39, 0.29) is 6.54 Å². The predicted molar refractivity (Wildman–Crippen MR) is 50.8 cm³/mol. The van der Waals surface area contributed by atoms with Gasteiger partial charge in [-0.1, -0.05) is 6.08 Å². The van der Waals surface area contributed by atoms with E-state index in [4.69, 9.17) is 9.84 Å². The van der Waals surface area contributed by atoms with Gasteiger partial charge in [-0.25, -0.2) is 0 Å². The molecule has 0 aromatic heterocycles. The number of nitrogens with zero attached hydrogens (tertiary/aromatic N) is 1. The predicted octanol–water partition coefficient (Wildman–Crippen LogP) is 0.595. The van der Waals surface area contributed by atoms with Gasteiger partial charge in [-0.15, -0.1) is 6.58 Å². The summed E-state index contributed by atoms with van der Waals surface area (Å²) in [6.07, 6.45) is 2.58. The summed E-state index contributed by atoms with van der Waals surface area (Å²) in [5.74, 6) is -0.805. The highest BCUT2D eigenvalue weighted by Crippen LogP contribution is 1.92. The molecule has 0 radical (unpaired) electrons. The molecule has 0 aliphatic carbocycles. The molecular weight excluding hydrogens is 170 g/mol. The molecule has 4 heteroatoms. The average molecular weight is 187 g/mol. The zero-order valence-corrected chi connectivity index (χ0v) is 8.03. The van der Waals surface area contributed by atoms with Crippen LogP contribution in [0.25, 0.3) is 0 Å². The van der Waals surface area contributed by atoms with Crippen LogP contribution >= 0.6 is 0 Å². The van der Waals surface area contributed by atoms with Gasteiger partial charge in [-0.05, 0) is 6.42 Å². The first-order chi connectivity index (χ1) is 6.20. The number of ether oxygens (including phenoxy) is 1. The van der Waals surface area contributed by atoms with E-state index in [2.05, 4.69) is 6.58 Å². The van der Waals surface area contributed by atoms with Crippen LogP contribution in [0.3, 0.4) is 0 Å². The second-order valence-corrected chi connectivity index (χ2v) is 2.74. The molecule has 0 aromatic rings. The fourth-order valence-corrected chi connectivity index (χ4v) is 0.955. The Kier molecular flexibility index (Phi) is 7.24. The molecule has 0 fully saturated rings. The second kappa shape index (κ2) is 7.76. The Morgan fingerprint density at radius 3 is 2.77 bits per heavy atom. The van der Waals surface area contributed by atoms with Gasteiger partial charge < -0.3 is 9.84 Å². The molecule has 0 heterocycles. The summed E-state index contributed by atoms with van der Waals surface area (Å²) < 4.78 is 4.87. The highest BCUT2D eigenvalue weighted by molar-refractivity contribution is 5.69. The molecule has 0 saturated heterocycles. The first-order valence-corrected chi connectivity index (χ1v) is 4.24. The van der Waals surface area contributed by atoms with Crippen molar-refractivity contribution in [1.82, 2.24) is 4.90 Å². The number of rotatable bonds is 8. The molecule has 0 saturated carbocycles. The third-order valence-electron chi connectivity index (χ3n) is 1.62. The molecule has 0 bridgehead atoms. The minimum Gasteiger partial charge on any atom is -0.480 e. The maximum Gasteiger partial charge on any atom is 0.317 e. The minimum absolute atomic E-state index is 0.0667. The van der Waals surface area contributed by atoms with E-state index in [9.17, 15) is 4.79 Å². The molecule has 4 nitrogen and oxygen atoms in total. The van der Waals surface area contributed by atoms with E-state index in [0.717, 1.165) is 13.0 Å². The molecule has 0 aliphatic rings. The molecule has 0 aliphatic heterocycles. The Bertz CT molecular complexity index is 159. The second-order valence-electron chi connectivity index (χ2n) is 2.74. The lowest BCUT2D eigenvalue weighted by Gasteiger charge is -2.18. The van der Waals surface area contributed by atoms with Crippen molar-refractivity contribution in [2.45, 2.75) is 6.42 Å². The number of carboxylic acid groups (broad SMARTS) is 1. The van der Waals surface area contributed by atoms with Crippen molar-refractivity contribution in [2.24, 2.45) is 0 Å². The molecule has 0 unspecified atom stereocenters. The smallest absolute Gasteiger partial charge is 0.317 e. The van der Waals surface area contributed by atoms with E-state index < -0.39 is 5.97 Å². The molecule has 13 heavy (non-hydrogen) atoms. The van der Waals surface area contributed by atoms with Gasteiger partial charge >= 0.3 is 5.97 Å². The molecule has 1 N–H and O–H groups in total. The maximum absolute atomic E-state index is 10.4. The first-order valence-electron chi connectivity index (χ1n) is 4.24. The molecule has 76 valence electrons. The zero-order valence-electron chi connectivity index (χ0n) is 8.03. The van der Waals surface area contributed by atoms with Crippen LogP contribution in [-0.4, -0.2) is 49.3 Å². The topological polar surface area (TPSA) is 49.8 Å². The van der Waals surface area contributed by atoms with Gasteiger partial charge in [0, 0.05) is 20.2 Å². The number of hydrogen-bond donors (Lipinski definition) is 1. The molecule has 0 atom stereocenters. The van der Waals surface area contributed by atoms with E-state index in [0.29, 0.717) is 13.2 Å². The van der Waals surface area contributed by atoms with E-state index in [1.54, 1.807) is 13.2 Å². The Morgan fingerprint density at radius 2 is 2.31 bits per heavy atom. The van der Waals surface area contributed by atoms with Crippen LogP contribution in [0.5, 0.6) is 0 Å². The highest BCUT2D eigenvalue weighted by Gasteiger charge is 2.07. The lowest BCUT2D eigenvalue weighted by molar-refractivity contribution is -0.138. The Hall–Kier alpha value is -0.870. The average Bonchev–Trinajstić information content (AvgIpc) is 2.09. The van der Waals surface area contributed by atoms with Gasteiger partial charge in [0.25, 0.3) is 0 Å². The van der Waals surface area contributed by atoms with Crippen molar-refractivity contribution in [1.29, 1.82) is 0 Å². The normalized spacial score (nSPS) is 10.3. The number of carbonyl (C=O) groups is 1. The van der Waals surface area contributed by atoms with Crippen LogP contribution in [0.1, 0.15) is 6.42 Å². The molecular formula is C9H17NO3. The molecule has 0 amide bonds. The van der Waals surface area contributed by atoms with Gasteiger partial charge in [0.15, 0.2) is 0 Å². The Balaban J connectivity index is 3.72. The summed E-state index contributed by atoms with van der Waals surface area (Å²) >= 11 is 0. The van der Waals surface area contributed by atoms with Crippen molar-refractivity contribution in [3.8, 4) is 0 Å². The summed E-state index contributed by atoms with van der Waals surface area (Å²) in [6.45, 7) is 5.58. The number of carboxylic acids is 1. The summed E-state index contributed by atoms with van der Waals surface area (Å²) in [4.78, 5) is 12.3. The number of hydrogen-bond acceptors (Lipinski definition) is 3. The third-order valence-corrected chi connectivity index (χ3v) is 1.62. The van der Waals surface area contributed by atoms with E-state index in [1.165, 1.54) is 0 Å². The minimum atomic E-state index is -0.805. The summed E-state index contributed by atoms with van der Waals surface area (Å²) in [5.41, 5.74) is 0. The first kappa shape index (κ1) is 12.1. The number of methoxy groups -OCH3 is 1. The standard InChI is InChI=1S/C9H17NO3/c1-3-4-5-10(6-7-13-2)8-9(11)12/h3H,1,4-8H2,2H3,(H,11,12). The van der Waals surface area contributed by atoms with Gasteiger partial charge in [0.1, 0.15) is 0 Å². The van der Waals surface area contributed by atoms with Crippen molar-refractivity contribution in [2.75, 3.05) is 33.4 Å². The van der Waals surface area contributed by atoms with Crippen molar-refractivity contribution >= 4 is 5.97 Å². The largest absolute Gasteiger partial charge is 0.480 e. The quantitative estimate of drug-likeness (QED) is 0.565. The monoisotopic (exact) mass is 187 g/mol. The van der Waals surface area contributed by atoms with Gasteiger partial charge in [-0.2, -0.15) is 0 Å². The SMILES string of the molecule is C=CCCN(CCOC)CC(=O)O. The van der Waals surface area contributed by atoms with Crippen LogP contribution in [0.4, 0.5) is 0 Å². The molecule has 0 spiro atoms. The van der Waals surface area contributed by atoms with Crippen molar-refractivity contribution in [3.05, 3.63) is 12.7 Å². The van der Waals surface area contributed by atoms with Crippen LogP contribution in [0.2, 0.25) is 0 Å². The summed E-state index contributed by atoms with van der Waals surface area (Å²) in [6, 6.07) is 0. The van der Waals surface area contributed by atoms with Gasteiger partial charge in [-0.3, -0.25) is 9.69 Å². The van der Waals surface area contributed by atoms with Crippen LogP contribution in [-0.2, 0) is 9.53 Å². The summed E-state index contributed by atoms with van der Waals surface area (Å²) in [5, 5.41) is 8.57. The highest BCUT2D eigenvalue weighted by atomic mass is 16.5. The zero-order chi connectivity index (χ0) is 10.1. The van der Waals surface area contributed by atoms with Crippen LogP contribution < -0.4 is 0 Å². The number of aliphatic carboxylic acids is 1. The van der Waals surface area contributed by atoms with E-state index in [1.807, 2.05) is 4.90 Å².